The van der Waals surface area contributed by atoms with Crippen LogP contribution in [0, 0.1) is 17.8 Å². The molecular weight excluding hydrogens is 1350 g/mol. The molecule has 0 spiro atoms. The number of nitrogens with one attached hydrogen (secondary N) is 1. The van der Waals surface area contributed by atoms with Crippen LogP contribution < -0.4 is 44.8 Å². The number of halogens is 6. The van der Waals surface area contributed by atoms with Crippen LogP contribution in [-0.2, 0) is 57.9 Å². The summed E-state index contributed by atoms with van der Waals surface area (Å²) in [5, 5.41) is 7.00. The lowest BCUT2D eigenvalue weighted by molar-refractivity contribution is -0.147. The second-order valence-electron chi connectivity index (χ2n) is 28.6. The average molecular weight is 1440 g/mol. The second-order valence-corrected chi connectivity index (χ2v) is 28.6. The van der Waals surface area contributed by atoms with Crippen LogP contribution in [0.3, 0.4) is 0 Å². The molecule has 6 aromatic rings. The van der Waals surface area contributed by atoms with Crippen LogP contribution in [0.4, 0.5) is 95.0 Å². The Kier molecular flexibility index (Phi) is 22.2. The van der Waals surface area contributed by atoms with Crippen molar-refractivity contribution < 1.29 is 64.6 Å². The number of piperazine rings is 2. The smallest absolute Gasteiger partial charge is 0.383 e. The third kappa shape index (κ3) is 16.4. The quantitative estimate of drug-likeness (QED) is 0.0756. The van der Waals surface area contributed by atoms with Crippen molar-refractivity contribution in [3.63, 3.8) is 0 Å². The van der Waals surface area contributed by atoms with Crippen molar-refractivity contribution in [2.24, 2.45) is 17.8 Å². The molecular formula is C76H92F6N14O8. The molecule has 22 nitrogen and oxygen atoms in total. The van der Waals surface area contributed by atoms with Gasteiger partial charge in [0, 0.05) is 157 Å². The number of alkyl halides is 6. The molecule has 28 heteroatoms. The van der Waals surface area contributed by atoms with Gasteiger partial charge in [-0.1, -0.05) is 18.2 Å². The summed E-state index contributed by atoms with van der Waals surface area (Å²) in [4.78, 5) is 89.7. The number of aromatic nitrogens is 3. The van der Waals surface area contributed by atoms with Crippen LogP contribution in [-0.4, -0.2) is 186 Å². The molecule has 0 bridgehead atoms. The molecule has 1 N–H and O–H groups in total. The number of benzene rings is 3. The summed E-state index contributed by atoms with van der Waals surface area (Å²) >= 11 is 0. The molecule has 8 heterocycles. The molecule has 5 fully saturated rings. The minimum atomic E-state index is -4.34. The van der Waals surface area contributed by atoms with Gasteiger partial charge in [-0.3, -0.25) is 33.9 Å². The molecule has 0 unspecified atom stereocenters. The maximum Gasteiger partial charge on any atom is 0.401 e. The van der Waals surface area contributed by atoms with E-state index >= 15 is 14.4 Å². The van der Waals surface area contributed by atoms with E-state index in [9.17, 15) is 26.3 Å². The van der Waals surface area contributed by atoms with Crippen LogP contribution in [0.2, 0.25) is 0 Å². The maximum absolute atomic E-state index is 15.8. The van der Waals surface area contributed by atoms with Gasteiger partial charge in [-0.05, 0) is 150 Å². The first-order valence-electron chi connectivity index (χ1n) is 36.6. The fraction of sp³-hybridized carbons (Fsp3) is 0.526. The predicted octanol–water partition coefficient (Wildman–Crippen LogP) is 12.5. The van der Waals surface area contributed by atoms with E-state index in [0.717, 1.165) is 58.0 Å². The Hall–Kier alpha value is -8.38. The molecule has 3 aliphatic carbocycles. The second kappa shape index (κ2) is 31.7. The number of amides is 3. The number of carbonyl (C=O) groups excluding carboxylic acids is 3. The van der Waals surface area contributed by atoms with E-state index in [0.29, 0.717) is 163 Å². The van der Waals surface area contributed by atoms with E-state index in [1.165, 1.54) is 9.80 Å². The fourth-order valence-electron chi connectivity index (χ4n) is 16.3. The topological polar surface area (TPSA) is 180 Å². The van der Waals surface area contributed by atoms with Crippen LogP contribution in [0.25, 0.3) is 0 Å². The SMILES string of the molecule is COCCN(CCOC)c1ccc2c(c1)N(C(=O)C1CCC(ON3c4ccc(N5CCN(CC(F)(F)F)CC5)cc4N(C(=O)C4CCC(ON5c6ccc(N7CCN(CC(F)(F)F)CC7)cc6N(C(=O)C6CCC(OC)CC6)Cc6cccnc65)CC4)Cc4cccnc43)CC1)Cc1cccnc1N2. The number of rotatable bonds is 19. The average Bonchev–Trinajstić information content (AvgIpc) is 1.58. The van der Waals surface area contributed by atoms with Gasteiger partial charge in [-0.15, -0.1) is 0 Å². The minimum absolute atomic E-state index is 0.00424. The van der Waals surface area contributed by atoms with Crippen LogP contribution in [0.1, 0.15) is 93.7 Å². The summed E-state index contributed by atoms with van der Waals surface area (Å²) in [7, 11) is 5.05. The first-order chi connectivity index (χ1) is 50.3. The van der Waals surface area contributed by atoms with Crippen LogP contribution in [0.5, 0.6) is 0 Å². The molecule has 556 valence electrons. The van der Waals surface area contributed by atoms with Gasteiger partial charge in [0.2, 0.25) is 17.7 Å². The summed E-state index contributed by atoms with van der Waals surface area (Å²) < 4.78 is 98.2. The third-order valence-corrected chi connectivity index (χ3v) is 21.9. The van der Waals surface area contributed by atoms with Gasteiger partial charge in [0.05, 0.1) is 98.4 Å². The lowest BCUT2D eigenvalue weighted by Gasteiger charge is -2.38. The number of methoxy groups -OCH3 is 3. The third-order valence-electron chi connectivity index (χ3n) is 21.9. The summed E-state index contributed by atoms with van der Waals surface area (Å²) in [6.07, 6.45) is 2.57. The number of ether oxygens (including phenoxy) is 3. The van der Waals surface area contributed by atoms with Gasteiger partial charge in [0.15, 0.2) is 11.6 Å². The monoisotopic (exact) mass is 1440 g/mol. The number of hydrogen-bond acceptors (Lipinski definition) is 19. The highest BCUT2D eigenvalue weighted by molar-refractivity contribution is 6.03. The molecule has 2 saturated heterocycles. The van der Waals surface area contributed by atoms with Gasteiger partial charge in [-0.2, -0.15) is 26.3 Å². The molecule has 104 heavy (non-hydrogen) atoms. The number of anilines is 12. The molecule has 3 saturated carbocycles. The number of nitrogens with zero attached hydrogens (tertiary/aromatic N) is 13. The van der Waals surface area contributed by atoms with Gasteiger partial charge in [0.1, 0.15) is 5.82 Å². The van der Waals surface area contributed by atoms with Gasteiger partial charge >= 0.3 is 12.4 Å². The zero-order chi connectivity index (χ0) is 72.2. The highest BCUT2D eigenvalue weighted by Crippen LogP contribution is 2.49. The Balaban J connectivity index is 0.717. The zero-order valence-electron chi connectivity index (χ0n) is 59.2. The van der Waals surface area contributed by atoms with Crippen molar-refractivity contribution in [1.29, 1.82) is 0 Å². The Morgan fingerprint density at radius 3 is 1.32 bits per heavy atom. The molecule has 14 rings (SSSR count). The molecule has 5 aliphatic heterocycles. The fourth-order valence-corrected chi connectivity index (χ4v) is 16.3. The number of carbonyl (C=O) groups is 3. The highest BCUT2D eigenvalue weighted by Gasteiger charge is 2.43. The lowest BCUT2D eigenvalue weighted by Crippen LogP contribution is -2.49. The van der Waals surface area contributed by atoms with Crippen LogP contribution in [0.15, 0.2) is 110 Å². The summed E-state index contributed by atoms with van der Waals surface area (Å²) in [6, 6.07) is 29.1. The van der Waals surface area contributed by atoms with Crippen LogP contribution >= 0.6 is 0 Å². The lowest BCUT2D eigenvalue weighted by atomic mass is 9.86. The summed E-state index contributed by atoms with van der Waals surface area (Å²) in [6.45, 7) is 3.16. The molecule has 0 atom stereocenters. The maximum atomic E-state index is 15.8. The van der Waals surface area contributed by atoms with E-state index in [2.05, 4.69) is 31.1 Å². The number of hydrogen-bond donors (Lipinski definition) is 1. The van der Waals surface area contributed by atoms with E-state index in [4.69, 9.17) is 33.9 Å². The van der Waals surface area contributed by atoms with Crippen molar-refractivity contribution in [2.75, 3.05) is 158 Å². The Morgan fingerprint density at radius 1 is 0.471 bits per heavy atom. The predicted molar refractivity (Wildman–Crippen MR) is 385 cm³/mol. The number of pyridine rings is 3. The molecule has 3 aromatic heterocycles. The molecule has 3 aromatic carbocycles. The minimum Gasteiger partial charge on any atom is -0.383 e. The van der Waals surface area contributed by atoms with Gasteiger partial charge in [-0.25, -0.2) is 25.1 Å². The van der Waals surface area contributed by atoms with Crippen molar-refractivity contribution in [3.05, 3.63) is 126 Å². The Labute approximate surface area is 602 Å². The van der Waals surface area contributed by atoms with Gasteiger partial charge < -0.3 is 48.9 Å². The normalized spacial score (nSPS) is 22.6. The van der Waals surface area contributed by atoms with Crippen molar-refractivity contribution in [3.8, 4) is 0 Å². The zero-order valence-corrected chi connectivity index (χ0v) is 59.2. The standard InChI is InChI=1S/C76H92F6N14O8/c1-100-41-39-91(40-42-101-2)57-16-25-63-66(43-57)92(46-54-7-4-28-83-69(54)86-63)72(97)52-12-21-61(22-13-52)103-96-65-27-18-59(90-37-33-88(34-38-90)50-76(80,81)82)45-68(65)94(48-56-9-6-30-85-71(56)96)74(99)53-14-23-62(24-15-53)104-95-64-26-17-58(89-35-31-87(32-36-89)49-75(77,78)79)44-67(64)93(47-55-8-5-29-84-70(55)95)73(98)51-10-19-60(102-3)20-11-51/h4-9,16-18,25-30,43-45,51-53,60-62H,10-15,19-24,31-42,46-50H2,1-3H3,(H,83,86). The first-order valence-corrected chi connectivity index (χ1v) is 36.6. The van der Waals surface area contributed by atoms with Crippen molar-refractivity contribution in [2.45, 2.75) is 127 Å². The van der Waals surface area contributed by atoms with E-state index in [-0.39, 0.29) is 81.0 Å². The van der Waals surface area contributed by atoms with E-state index in [1.807, 2.05) is 99.6 Å². The highest BCUT2D eigenvalue weighted by atomic mass is 19.4. The summed E-state index contributed by atoms with van der Waals surface area (Å²) in [5.41, 5.74) is 8.67. The van der Waals surface area contributed by atoms with E-state index < -0.39 is 37.5 Å². The Bertz CT molecular complexity index is 3980. The molecule has 8 aliphatic rings. The van der Waals surface area contributed by atoms with Gasteiger partial charge in [0.25, 0.3) is 0 Å². The van der Waals surface area contributed by atoms with Crippen molar-refractivity contribution >= 4 is 86.4 Å². The van der Waals surface area contributed by atoms with Crippen molar-refractivity contribution in [1.82, 2.24) is 24.8 Å². The summed E-state index contributed by atoms with van der Waals surface area (Å²) in [5.74, 6) is 0.491. The molecule has 0 radical (unpaired) electrons. The Morgan fingerprint density at radius 2 is 0.885 bits per heavy atom. The van der Waals surface area contributed by atoms with E-state index in [1.54, 1.807) is 50.0 Å². The largest absolute Gasteiger partial charge is 0.401 e. The number of fused-ring (bicyclic) bond motifs is 6. The first kappa shape index (κ1) is 72.6. The molecule has 3 amide bonds.